The number of benzene rings is 2. The molecule has 1 heterocycles. The number of rotatable bonds is 5. The maximum atomic E-state index is 13.0. The summed E-state index contributed by atoms with van der Waals surface area (Å²) in [5, 5.41) is 2.18. The molecule has 0 saturated carbocycles. The predicted molar refractivity (Wildman–Crippen MR) is 110 cm³/mol. The lowest BCUT2D eigenvalue weighted by Crippen LogP contribution is -2.54. The number of nitrogens with one attached hydrogen (secondary N) is 1. The third-order valence-corrected chi connectivity index (χ3v) is 4.51. The highest BCUT2D eigenvalue weighted by Crippen LogP contribution is 2.28. The minimum Gasteiger partial charge on any atom is -0.497 e. The van der Waals surface area contributed by atoms with E-state index in [4.69, 9.17) is 15.9 Å². The molecule has 7 nitrogen and oxygen atoms in total. The van der Waals surface area contributed by atoms with E-state index in [2.05, 4.69) is 27.2 Å². The van der Waals surface area contributed by atoms with Crippen molar-refractivity contribution in [2.45, 2.75) is 0 Å². The molecular weight excluding hydrogens is 440 g/mol. The molecule has 1 aliphatic heterocycles. The van der Waals surface area contributed by atoms with Gasteiger partial charge in [0, 0.05) is 10.0 Å². The fraction of sp³-hybridized carbons (Fsp3) is 0.0952. The average molecular weight is 455 g/mol. The number of carbonyl (C=O) groups excluding carboxylic acids is 3. The Bertz CT molecular complexity index is 1050. The summed E-state index contributed by atoms with van der Waals surface area (Å²) in [5.41, 5.74) is 0.533. The van der Waals surface area contributed by atoms with Crippen molar-refractivity contribution in [3.05, 3.63) is 58.1 Å². The number of ether oxygens (including phenoxy) is 2. The summed E-state index contributed by atoms with van der Waals surface area (Å²) >= 11 is 3.34. The normalized spacial score (nSPS) is 15.1. The maximum absolute atomic E-state index is 13.0. The van der Waals surface area contributed by atoms with Crippen molar-refractivity contribution in [3.63, 3.8) is 0 Å². The van der Waals surface area contributed by atoms with E-state index in [1.807, 2.05) is 0 Å². The first kappa shape index (κ1) is 20.2. The van der Waals surface area contributed by atoms with Gasteiger partial charge in [-0.2, -0.15) is 0 Å². The van der Waals surface area contributed by atoms with Gasteiger partial charge in [-0.05, 0) is 48.5 Å². The highest BCUT2D eigenvalue weighted by Gasteiger charge is 2.37. The number of methoxy groups -OCH3 is 1. The van der Waals surface area contributed by atoms with Gasteiger partial charge in [-0.1, -0.05) is 21.9 Å². The van der Waals surface area contributed by atoms with E-state index in [1.54, 1.807) is 42.5 Å². The van der Waals surface area contributed by atoms with Gasteiger partial charge in [0.1, 0.15) is 23.7 Å². The fourth-order valence-corrected chi connectivity index (χ4v) is 3.04. The summed E-state index contributed by atoms with van der Waals surface area (Å²) in [4.78, 5) is 38.5. The molecule has 0 aromatic heterocycles. The molecule has 2 aromatic carbocycles. The summed E-state index contributed by atoms with van der Waals surface area (Å²) in [5.74, 6) is 1.76. The molecule has 1 saturated heterocycles. The molecule has 1 N–H and O–H groups in total. The van der Waals surface area contributed by atoms with Crippen LogP contribution in [-0.2, 0) is 9.59 Å². The minimum atomic E-state index is -0.833. The summed E-state index contributed by atoms with van der Waals surface area (Å²) in [6.07, 6.45) is 6.59. The van der Waals surface area contributed by atoms with Gasteiger partial charge < -0.3 is 9.47 Å². The molecule has 0 spiro atoms. The van der Waals surface area contributed by atoms with Gasteiger partial charge in [-0.3, -0.25) is 14.9 Å². The number of imide groups is 2. The molecule has 3 rings (SSSR count). The topological polar surface area (TPSA) is 84.9 Å². The lowest BCUT2D eigenvalue weighted by molar-refractivity contribution is -0.122. The number of barbiturate groups is 1. The molecule has 0 aliphatic carbocycles. The lowest BCUT2D eigenvalue weighted by atomic mass is 10.1. The van der Waals surface area contributed by atoms with Crippen molar-refractivity contribution < 1.29 is 23.9 Å². The Kier molecular flexibility index (Phi) is 6.00. The number of hydrogen-bond acceptors (Lipinski definition) is 5. The van der Waals surface area contributed by atoms with Crippen molar-refractivity contribution in [3.8, 4) is 23.8 Å². The molecule has 8 heteroatoms. The van der Waals surface area contributed by atoms with E-state index in [9.17, 15) is 14.4 Å². The molecule has 1 fully saturated rings. The number of amides is 4. The molecule has 146 valence electrons. The van der Waals surface area contributed by atoms with Crippen LogP contribution in [0.1, 0.15) is 5.56 Å². The Hall–Kier alpha value is -3.57. The van der Waals surface area contributed by atoms with Crippen LogP contribution in [0.3, 0.4) is 0 Å². The molecule has 4 amide bonds. The van der Waals surface area contributed by atoms with Crippen LogP contribution in [0.2, 0.25) is 0 Å². The largest absolute Gasteiger partial charge is 0.497 e. The average Bonchev–Trinajstić information content (AvgIpc) is 2.71. The Morgan fingerprint density at radius 1 is 1.17 bits per heavy atom. The molecule has 0 unspecified atom stereocenters. The van der Waals surface area contributed by atoms with Crippen LogP contribution >= 0.6 is 15.9 Å². The van der Waals surface area contributed by atoms with Crippen LogP contribution in [0.5, 0.6) is 11.5 Å². The van der Waals surface area contributed by atoms with Gasteiger partial charge in [0.25, 0.3) is 11.8 Å². The summed E-state index contributed by atoms with van der Waals surface area (Å²) in [6, 6.07) is 10.5. The zero-order chi connectivity index (χ0) is 21.0. The van der Waals surface area contributed by atoms with Gasteiger partial charge in [0.15, 0.2) is 0 Å². The van der Waals surface area contributed by atoms with Crippen LogP contribution in [0, 0.1) is 12.3 Å². The summed E-state index contributed by atoms with van der Waals surface area (Å²) < 4.78 is 11.3. The summed E-state index contributed by atoms with van der Waals surface area (Å²) in [6.45, 7) is 0.0222. The molecule has 0 atom stereocenters. The van der Waals surface area contributed by atoms with Crippen molar-refractivity contribution in [2.24, 2.45) is 0 Å². The number of anilines is 1. The van der Waals surface area contributed by atoms with E-state index in [-0.39, 0.29) is 12.2 Å². The first-order chi connectivity index (χ1) is 13.9. The molecule has 0 bridgehead atoms. The molecule has 1 aliphatic rings. The van der Waals surface area contributed by atoms with Crippen LogP contribution in [-0.4, -0.2) is 31.6 Å². The van der Waals surface area contributed by atoms with E-state index >= 15 is 0 Å². The van der Waals surface area contributed by atoms with Crippen LogP contribution in [0.25, 0.3) is 6.08 Å². The van der Waals surface area contributed by atoms with Gasteiger partial charge in [-0.15, -0.1) is 6.42 Å². The van der Waals surface area contributed by atoms with Crippen molar-refractivity contribution in [1.82, 2.24) is 5.32 Å². The van der Waals surface area contributed by atoms with E-state index in [0.717, 1.165) is 4.90 Å². The maximum Gasteiger partial charge on any atom is 0.335 e. The number of terminal acetylenes is 1. The monoisotopic (exact) mass is 454 g/mol. The quantitative estimate of drug-likeness (QED) is 0.426. The second-order valence-electron chi connectivity index (χ2n) is 5.83. The minimum absolute atomic E-state index is 0.0222. The van der Waals surface area contributed by atoms with Crippen LogP contribution in [0.15, 0.2) is 52.5 Å². The second kappa shape index (κ2) is 8.63. The first-order valence-corrected chi connectivity index (χ1v) is 9.15. The van der Waals surface area contributed by atoms with Crippen LogP contribution in [0.4, 0.5) is 10.5 Å². The van der Waals surface area contributed by atoms with Crippen molar-refractivity contribution in [1.29, 1.82) is 0 Å². The highest BCUT2D eigenvalue weighted by molar-refractivity contribution is 9.10. The number of urea groups is 1. The number of halogens is 1. The number of nitrogens with zero attached hydrogens (tertiary/aromatic N) is 1. The molecule has 0 radical (unpaired) electrons. The zero-order valence-electron chi connectivity index (χ0n) is 15.3. The smallest absolute Gasteiger partial charge is 0.335 e. The number of carbonyl (C=O) groups is 3. The third kappa shape index (κ3) is 4.31. The van der Waals surface area contributed by atoms with E-state index in [0.29, 0.717) is 27.2 Å². The van der Waals surface area contributed by atoms with Gasteiger partial charge in [0.2, 0.25) is 0 Å². The Labute approximate surface area is 175 Å². The number of hydrogen-bond donors (Lipinski definition) is 1. The standard InChI is InChI=1S/C21H15BrN2O5/c1-3-10-29-18-9-4-14(22)11-13(18)12-17-19(25)23-21(27)24(20(17)26)15-5-7-16(28-2)8-6-15/h1,4-9,11-12H,10H2,2H3,(H,23,25,27)/b17-12+. The predicted octanol–water partition coefficient (Wildman–Crippen LogP) is 3.14. The zero-order valence-corrected chi connectivity index (χ0v) is 16.9. The lowest BCUT2D eigenvalue weighted by Gasteiger charge is -2.26. The SMILES string of the molecule is C#CCOc1ccc(Br)cc1/C=C1\C(=O)NC(=O)N(c2ccc(OC)cc2)C1=O. The molecule has 29 heavy (non-hydrogen) atoms. The highest BCUT2D eigenvalue weighted by atomic mass is 79.9. The van der Waals surface area contributed by atoms with Gasteiger partial charge in [-0.25, -0.2) is 9.69 Å². The van der Waals surface area contributed by atoms with Crippen LogP contribution < -0.4 is 19.7 Å². The van der Waals surface area contributed by atoms with Crippen molar-refractivity contribution >= 4 is 45.5 Å². The van der Waals surface area contributed by atoms with Crippen molar-refractivity contribution in [2.75, 3.05) is 18.6 Å². The first-order valence-electron chi connectivity index (χ1n) is 8.36. The van der Waals surface area contributed by atoms with E-state index in [1.165, 1.54) is 13.2 Å². The van der Waals surface area contributed by atoms with Gasteiger partial charge in [0.05, 0.1) is 12.8 Å². The Balaban J connectivity index is 2.01. The van der Waals surface area contributed by atoms with Gasteiger partial charge >= 0.3 is 6.03 Å². The Morgan fingerprint density at radius 3 is 2.55 bits per heavy atom. The molecule has 2 aromatic rings. The fourth-order valence-electron chi connectivity index (χ4n) is 2.66. The summed E-state index contributed by atoms with van der Waals surface area (Å²) in [7, 11) is 1.51. The second-order valence-corrected chi connectivity index (χ2v) is 6.75. The Morgan fingerprint density at radius 2 is 1.90 bits per heavy atom. The molecular formula is C21H15BrN2O5. The third-order valence-electron chi connectivity index (χ3n) is 4.01. The van der Waals surface area contributed by atoms with E-state index < -0.39 is 17.8 Å².